The first-order valence-corrected chi connectivity index (χ1v) is 10.8. The Morgan fingerprint density at radius 3 is 2.69 bits per heavy atom. The molecular weight excluding hydrogens is 401 g/mol. The molecule has 1 aliphatic carbocycles. The number of hydrogen-bond acceptors (Lipinski definition) is 5. The third kappa shape index (κ3) is 5.98. The van der Waals surface area contributed by atoms with E-state index >= 15 is 0 Å². The van der Waals surface area contributed by atoms with Crippen LogP contribution in [0, 0.1) is 0 Å². The molecule has 0 amide bonds. The zero-order chi connectivity index (χ0) is 20.9. The van der Waals surface area contributed by atoms with E-state index in [0.29, 0.717) is 23.7 Å². The lowest BCUT2D eigenvalue weighted by Crippen LogP contribution is -2.18. The van der Waals surface area contributed by atoms with Gasteiger partial charge in [0.25, 0.3) is 0 Å². The van der Waals surface area contributed by atoms with E-state index in [2.05, 4.69) is 20.1 Å². The van der Waals surface area contributed by atoms with E-state index in [1.165, 1.54) is 24.2 Å². The summed E-state index contributed by atoms with van der Waals surface area (Å²) in [7, 11) is 0. The van der Waals surface area contributed by atoms with Crippen LogP contribution in [0.4, 0.5) is 18.9 Å². The van der Waals surface area contributed by atoms with Crippen molar-refractivity contribution in [3.8, 4) is 0 Å². The predicted molar refractivity (Wildman–Crippen MR) is 107 cm³/mol. The molecule has 9 heteroatoms. The van der Waals surface area contributed by atoms with Crippen LogP contribution in [0.1, 0.15) is 62.9 Å². The topological polar surface area (TPSA) is 59.8 Å². The molecule has 3 rings (SSSR count). The van der Waals surface area contributed by atoms with Gasteiger partial charge in [0, 0.05) is 23.9 Å². The van der Waals surface area contributed by atoms with Crippen molar-refractivity contribution in [3.05, 3.63) is 35.7 Å². The van der Waals surface area contributed by atoms with Crippen LogP contribution in [-0.4, -0.2) is 26.3 Å². The van der Waals surface area contributed by atoms with Crippen LogP contribution in [-0.2, 0) is 17.5 Å². The maximum absolute atomic E-state index is 12.9. The number of halogens is 3. The van der Waals surface area contributed by atoms with E-state index in [1.807, 2.05) is 0 Å². The minimum atomic E-state index is -4.37. The number of carbonyl (C=O) groups excluding carboxylic acids is 1. The van der Waals surface area contributed by atoms with Gasteiger partial charge in [-0.1, -0.05) is 37.1 Å². The smallest absolute Gasteiger partial charge is 0.378 e. The van der Waals surface area contributed by atoms with Gasteiger partial charge in [-0.2, -0.15) is 13.2 Å². The molecule has 1 aromatic heterocycles. The van der Waals surface area contributed by atoms with Crippen LogP contribution in [0.3, 0.4) is 0 Å². The monoisotopic (exact) mass is 426 g/mol. The van der Waals surface area contributed by atoms with E-state index in [-0.39, 0.29) is 18.4 Å². The van der Waals surface area contributed by atoms with Crippen molar-refractivity contribution < 1.29 is 18.0 Å². The Morgan fingerprint density at radius 1 is 1.24 bits per heavy atom. The van der Waals surface area contributed by atoms with Gasteiger partial charge in [-0.05, 0) is 38.0 Å². The molecule has 0 aliphatic heterocycles. The van der Waals surface area contributed by atoms with Crippen LogP contribution in [0.2, 0.25) is 0 Å². The number of rotatable bonds is 8. The molecule has 2 aromatic rings. The van der Waals surface area contributed by atoms with Crippen LogP contribution in [0.25, 0.3) is 0 Å². The second-order valence-corrected chi connectivity index (χ2v) is 8.36. The lowest BCUT2D eigenvalue weighted by atomic mass is 9.95. The molecule has 158 valence electrons. The molecule has 0 radical (unpaired) electrons. The molecule has 0 spiro atoms. The summed E-state index contributed by atoms with van der Waals surface area (Å²) in [6.07, 6.45) is 1.66. The molecule has 1 aromatic carbocycles. The van der Waals surface area contributed by atoms with Gasteiger partial charge in [0.15, 0.2) is 11.0 Å². The molecule has 0 unspecified atom stereocenters. The molecule has 1 N–H and O–H groups in total. The molecule has 0 bridgehead atoms. The highest BCUT2D eigenvalue weighted by Gasteiger charge is 2.30. The second kappa shape index (κ2) is 9.65. The number of hydrogen-bond donors (Lipinski definition) is 1. The molecular formula is C20H25F3N4OS. The quantitative estimate of drug-likeness (QED) is 0.566. The first-order chi connectivity index (χ1) is 13.8. The summed E-state index contributed by atoms with van der Waals surface area (Å²) >= 11 is 1.51. The Morgan fingerprint density at radius 2 is 2.00 bits per heavy atom. The lowest BCUT2D eigenvalue weighted by Gasteiger charge is -2.25. The van der Waals surface area contributed by atoms with Crippen LogP contribution < -0.4 is 5.32 Å². The number of nitrogens with one attached hydrogen (secondary N) is 1. The number of anilines is 1. The number of aromatic nitrogens is 3. The standard InChI is InChI=1S/C20H25F3N4OS/c1-14(28)10-11-29-19-26-25-18(27(19)17-8-3-2-4-9-17)13-24-16-7-5-6-15(12-16)20(21,22)23/h5-7,12,17,24H,2-4,8-11,13H2,1H3. The number of thioether (sulfide) groups is 1. The number of carbonyl (C=O) groups is 1. The third-order valence-corrected chi connectivity index (χ3v) is 5.95. The van der Waals surface area contributed by atoms with Gasteiger partial charge in [0.1, 0.15) is 5.78 Å². The minimum absolute atomic E-state index is 0.132. The Hall–Kier alpha value is -2.03. The van der Waals surface area contributed by atoms with E-state index in [4.69, 9.17) is 0 Å². The van der Waals surface area contributed by atoms with Gasteiger partial charge in [0.05, 0.1) is 12.1 Å². The van der Waals surface area contributed by atoms with Gasteiger partial charge in [-0.25, -0.2) is 0 Å². The molecule has 5 nitrogen and oxygen atoms in total. The van der Waals surface area contributed by atoms with Crippen LogP contribution in [0.5, 0.6) is 0 Å². The van der Waals surface area contributed by atoms with Gasteiger partial charge in [-0.3, -0.25) is 4.79 Å². The number of benzene rings is 1. The normalized spacial score (nSPS) is 15.4. The minimum Gasteiger partial charge on any atom is -0.378 e. The van der Waals surface area contributed by atoms with Crippen molar-refractivity contribution >= 4 is 23.2 Å². The number of alkyl halides is 3. The van der Waals surface area contributed by atoms with E-state index < -0.39 is 11.7 Å². The van der Waals surface area contributed by atoms with Crippen molar-refractivity contribution in [2.75, 3.05) is 11.1 Å². The van der Waals surface area contributed by atoms with Crippen molar-refractivity contribution in [2.24, 2.45) is 0 Å². The Labute approximate surface area is 172 Å². The summed E-state index contributed by atoms with van der Waals surface area (Å²) in [5.41, 5.74) is -0.291. The lowest BCUT2D eigenvalue weighted by molar-refractivity contribution is -0.137. The summed E-state index contributed by atoms with van der Waals surface area (Å²) in [6.45, 7) is 1.86. The fraction of sp³-hybridized carbons (Fsp3) is 0.550. The molecule has 1 aliphatic rings. The molecule has 1 heterocycles. The van der Waals surface area contributed by atoms with E-state index in [1.54, 1.807) is 13.0 Å². The predicted octanol–water partition coefficient (Wildman–Crippen LogP) is 5.49. The Kier molecular flexibility index (Phi) is 7.21. The largest absolute Gasteiger partial charge is 0.416 e. The first-order valence-electron chi connectivity index (χ1n) is 9.82. The fourth-order valence-corrected chi connectivity index (χ4v) is 4.57. The average molecular weight is 427 g/mol. The molecule has 1 saturated carbocycles. The van der Waals surface area contributed by atoms with E-state index in [9.17, 15) is 18.0 Å². The summed E-state index contributed by atoms with van der Waals surface area (Å²) in [4.78, 5) is 11.2. The number of nitrogens with zero attached hydrogens (tertiary/aromatic N) is 3. The third-order valence-electron chi connectivity index (χ3n) is 5.00. The maximum atomic E-state index is 12.9. The first kappa shape index (κ1) is 21.7. The molecule has 0 atom stereocenters. The number of Topliss-reactive ketones (excluding diaryl/α,β-unsaturated/α-hetero) is 1. The summed E-state index contributed by atoms with van der Waals surface area (Å²) in [6, 6.07) is 5.44. The second-order valence-electron chi connectivity index (χ2n) is 7.29. The summed E-state index contributed by atoms with van der Waals surface area (Å²) in [5, 5.41) is 12.4. The zero-order valence-electron chi connectivity index (χ0n) is 16.3. The van der Waals surface area contributed by atoms with Crippen molar-refractivity contribution in [1.29, 1.82) is 0 Å². The van der Waals surface area contributed by atoms with Gasteiger partial charge < -0.3 is 9.88 Å². The highest BCUT2D eigenvalue weighted by Crippen LogP contribution is 2.34. The summed E-state index contributed by atoms with van der Waals surface area (Å²) in [5.74, 6) is 1.48. The van der Waals surface area contributed by atoms with Crippen LogP contribution >= 0.6 is 11.8 Å². The maximum Gasteiger partial charge on any atom is 0.416 e. The zero-order valence-corrected chi connectivity index (χ0v) is 17.2. The Bertz CT molecular complexity index is 831. The highest BCUT2D eigenvalue weighted by molar-refractivity contribution is 7.99. The Balaban J connectivity index is 1.75. The SMILES string of the molecule is CC(=O)CCSc1nnc(CNc2cccc(C(F)(F)F)c2)n1C1CCCCC1. The van der Waals surface area contributed by atoms with Crippen molar-refractivity contribution in [3.63, 3.8) is 0 Å². The summed E-state index contributed by atoms with van der Waals surface area (Å²) < 4.78 is 40.9. The molecule has 29 heavy (non-hydrogen) atoms. The van der Waals surface area contributed by atoms with Gasteiger partial charge >= 0.3 is 6.18 Å². The molecule has 1 fully saturated rings. The van der Waals surface area contributed by atoms with Gasteiger partial charge in [-0.15, -0.1) is 10.2 Å². The number of ketones is 1. The van der Waals surface area contributed by atoms with Gasteiger partial charge in [0.2, 0.25) is 0 Å². The molecule has 0 saturated heterocycles. The van der Waals surface area contributed by atoms with Crippen molar-refractivity contribution in [1.82, 2.24) is 14.8 Å². The van der Waals surface area contributed by atoms with E-state index in [0.717, 1.165) is 43.0 Å². The van der Waals surface area contributed by atoms with Crippen LogP contribution in [0.15, 0.2) is 29.4 Å². The fourth-order valence-electron chi connectivity index (χ4n) is 3.51. The highest BCUT2D eigenvalue weighted by atomic mass is 32.2. The van der Waals surface area contributed by atoms with Crippen molar-refractivity contribution in [2.45, 2.75) is 69.4 Å². The average Bonchev–Trinajstić information content (AvgIpc) is 3.09.